The second kappa shape index (κ2) is 19.5. The Morgan fingerprint density at radius 1 is 0.556 bits per heavy atom. The monoisotopic (exact) mass is 568 g/mol. The topological polar surface area (TPSA) is 370 Å². The average molecular weight is 568 g/mol. The van der Waals surface area contributed by atoms with Crippen LogP contribution >= 0.6 is 0 Å². The summed E-state index contributed by atoms with van der Waals surface area (Å²) < 4.78 is 0. The van der Waals surface area contributed by atoms with Crippen LogP contribution in [0.3, 0.4) is 0 Å². The molecule has 36 heavy (non-hydrogen) atoms. The molecule has 0 aromatic carbocycles. The van der Waals surface area contributed by atoms with Crippen LogP contribution in [0.4, 0.5) is 0 Å². The van der Waals surface area contributed by atoms with Gasteiger partial charge in [0.15, 0.2) is 0 Å². The maximum absolute atomic E-state index is 10.5. The second-order valence-corrected chi connectivity index (χ2v) is 6.12. The molecule has 0 aromatic heterocycles. The number of hydrogen-bond donors (Lipinski definition) is 7. The van der Waals surface area contributed by atoms with Gasteiger partial charge in [-0.15, -0.1) is 0 Å². The largest absolute Gasteiger partial charge is 3.00 e. The predicted octanol–water partition coefficient (Wildman–Crippen LogP) is -8.10. The Balaban J connectivity index is -0.000000269. The van der Waals surface area contributed by atoms with Gasteiger partial charge in [-0.3, -0.25) is 10.6 Å². The number of aliphatic carboxylic acids is 8. The van der Waals surface area contributed by atoms with E-state index in [0.29, 0.717) is 0 Å². The minimum absolute atomic E-state index is 0. The molecule has 1 radical (unpaired) electrons. The molecular weight excluding hydrogens is 546 g/mol. The smallest absolute Gasteiger partial charge is 0.550 e. The molecule has 0 saturated heterocycles. The summed E-state index contributed by atoms with van der Waals surface area (Å²) in [5.41, 5.74) is 0. The molecule has 2 atom stereocenters. The summed E-state index contributed by atoms with van der Waals surface area (Å²) >= 11 is 0. The van der Waals surface area contributed by atoms with E-state index in [1.807, 2.05) is 0 Å². The van der Waals surface area contributed by atoms with Gasteiger partial charge in [-0.05, 0) is 25.7 Å². The molecule has 0 unspecified atom stereocenters. The molecule has 0 heterocycles. The van der Waals surface area contributed by atoms with Crippen LogP contribution in [-0.4, -0.2) is 92.3 Å². The van der Waals surface area contributed by atoms with E-state index in [-0.39, 0.29) is 23.2 Å². The average Bonchev–Trinajstić information content (AvgIpc) is 2.66. The Bertz CT molecular complexity index is 725. The van der Waals surface area contributed by atoms with Crippen molar-refractivity contribution in [1.29, 1.82) is 0 Å². The summed E-state index contributed by atoms with van der Waals surface area (Å²) in [5, 5.41) is 78.6. The van der Waals surface area contributed by atoms with Crippen LogP contribution in [0.25, 0.3) is 0 Å². The summed E-state index contributed by atoms with van der Waals surface area (Å²) in [7, 11) is 0. The standard InChI is InChI=1S/2C8H11NO8.Fe.H3N/c2*10-4(11)2-1-3(6(12)13)9-5(7(14)15)8(16)17;;/h2*3,5,9H,1-2H2,(H,10,11)(H,12,13)(H,14,15)(H,16,17);;1H3/q;;+3;/p-3/t2*3-;;/m00../s1. The molecule has 0 aromatic rings. The van der Waals surface area contributed by atoms with E-state index in [0.717, 1.165) is 0 Å². The van der Waals surface area contributed by atoms with Crippen molar-refractivity contribution in [3.63, 3.8) is 0 Å². The van der Waals surface area contributed by atoms with Gasteiger partial charge in [-0.25, -0.2) is 19.2 Å². The number of carboxylic acids is 8. The van der Waals surface area contributed by atoms with Crippen molar-refractivity contribution in [2.45, 2.75) is 49.9 Å². The summed E-state index contributed by atoms with van der Waals surface area (Å²) in [4.78, 5) is 83.0. The van der Waals surface area contributed by atoms with E-state index in [4.69, 9.17) is 20.4 Å². The zero-order valence-electron chi connectivity index (χ0n) is 18.2. The summed E-state index contributed by atoms with van der Waals surface area (Å²) in [6, 6.07) is -7.71. The van der Waals surface area contributed by atoms with Crippen LogP contribution in [0.15, 0.2) is 0 Å². The molecule has 0 bridgehead atoms. The predicted molar refractivity (Wildman–Crippen MR) is 96.4 cm³/mol. The molecule has 19 nitrogen and oxygen atoms in total. The van der Waals surface area contributed by atoms with Gasteiger partial charge in [0.1, 0.15) is 0 Å². The molecule has 0 fully saturated rings. The van der Waals surface area contributed by atoms with Crippen LogP contribution in [0.2, 0.25) is 0 Å². The molecule has 10 N–H and O–H groups in total. The van der Waals surface area contributed by atoms with Crippen LogP contribution in [0.1, 0.15) is 25.7 Å². The van der Waals surface area contributed by atoms with Crippen molar-refractivity contribution in [1.82, 2.24) is 16.8 Å². The SMILES string of the molecule is O=C([O-])CC[C@H](NC(C(=O)O)C(=O)O)C(=O)[O-].O=C([O-])CC[C@H](NC(C(=O)O)C(=O)O)C(=O)[O-].[Fe+3].[NH4+]. The number of nitrogens with one attached hydrogen (secondary N) is 2. The van der Waals surface area contributed by atoms with Gasteiger partial charge >= 0.3 is 40.9 Å². The van der Waals surface area contributed by atoms with Crippen molar-refractivity contribution in [3.05, 3.63) is 0 Å². The Kier molecular flexibility index (Phi) is 21.3. The maximum atomic E-state index is 10.5. The molecule has 0 rings (SSSR count). The number of hydrogen-bond acceptors (Lipinski definition) is 14. The van der Waals surface area contributed by atoms with Crippen LogP contribution < -0.4 is 37.2 Å². The van der Waals surface area contributed by atoms with E-state index in [9.17, 15) is 58.8 Å². The fourth-order valence-corrected chi connectivity index (χ4v) is 1.96. The van der Waals surface area contributed by atoms with Crippen molar-refractivity contribution in [3.8, 4) is 0 Å². The Hall–Kier alpha value is -3.84. The molecule has 0 aliphatic carbocycles. The van der Waals surface area contributed by atoms with Gasteiger partial charge < -0.3 is 66.2 Å². The molecule has 20 heteroatoms. The molecule has 0 spiro atoms. The molecule has 0 amide bonds. The molecular formula is C16H22FeN3O16. The normalized spacial score (nSPS) is 11.4. The molecule has 0 aliphatic rings. The van der Waals surface area contributed by atoms with Gasteiger partial charge in [0, 0.05) is 24.0 Å². The van der Waals surface area contributed by atoms with Gasteiger partial charge in [-0.1, -0.05) is 0 Å². The minimum Gasteiger partial charge on any atom is -0.550 e. The third-order valence-corrected chi connectivity index (χ3v) is 3.57. The number of carbonyl (C=O) groups excluding carboxylic acids is 4. The summed E-state index contributed by atoms with van der Waals surface area (Å²) in [6.45, 7) is 0. The third-order valence-electron chi connectivity index (χ3n) is 3.57. The van der Waals surface area contributed by atoms with E-state index in [1.54, 1.807) is 10.6 Å². The first-order chi connectivity index (χ1) is 15.5. The van der Waals surface area contributed by atoms with E-state index in [1.165, 1.54) is 0 Å². The first-order valence-electron chi connectivity index (χ1n) is 8.75. The fraction of sp³-hybridized carbons (Fsp3) is 0.500. The fourth-order valence-electron chi connectivity index (χ4n) is 1.96. The second-order valence-electron chi connectivity index (χ2n) is 6.12. The zero-order valence-corrected chi connectivity index (χ0v) is 19.3. The first kappa shape index (κ1) is 39.4. The zero-order chi connectivity index (χ0) is 27.2. The van der Waals surface area contributed by atoms with Crippen molar-refractivity contribution >= 4 is 47.8 Å². The molecule has 205 valence electrons. The quantitative estimate of drug-likeness (QED) is 0.0671. The number of carboxylic acid groups (broad SMARTS) is 8. The third kappa shape index (κ3) is 17.6. The Morgan fingerprint density at radius 3 is 0.917 bits per heavy atom. The van der Waals surface area contributed by atoms with Gasteiger partial charge in [0.05, 0.1) is 11.9 Å². The minimum atomic E-state index is -2.15. The maximum Gasteiger partial charge on any atom is 3.00 e. The Morgan fingerprint density at radius 2 is 0.778 bits per heavy atom. The van der Waals surface area contributed by atoms with Gasteiger partial charge in [-0.2, -0.15) is 0 Å². The summed E-state index contributed by atoms with van der Waals surface area (Å²) in [5.74, 6) is -13.8. The van der Waals surface area contributed by atoms with Crippen LogP contribution in [0, 0.1) is 0 Å². The van der Waals surface area contributed by atoms with Crippen molar-refractivity contribution in [2.75, 3.05) is 0 Å². The van der Waals surface area contributed by atoms with Gasteiger partial charge in [0.2, 0.25) is 12.1 Å². The van der Waals surface area contributed by atoms with Crippen molar-refractivity contribution < 1.29 is 96.3 Å². The van der Waals surface area contributed by atoms with Crippen molar-refractivity contribution in [2.24, 2.45) is 0 Å². The molecule has 0 saturated carbocycles. The van der Waals surface area contributed by atoms with Crippen LogP contribution in [0.5, 0.6) is 0 Å². The van der Waals surface area contributed by atoms with E-state index in [2.05, 4.69) is 0 Å². The van der Waals surface area contributed by atoms with E-state index >= 15 is 0 Å². The molecule has 0 aliphatic heterocycles. The van der Waals surface area contributed by atoms with Crippen LogP contribution in [-0.2, 0) is 55.4 Å². The number of carbonyl (C=O) groups is 8. The number of rotatable bonds is 16. The first-order valence-corrected chi connectivity index (χ1v) is 8.75. The van der Waals surface area contributed by atoms with Gasteiger partial charge in [0.25, 0.3) is 0 Å². The summed E-state index contributed by atoms with van der Waals surface area (Å²) in [6.07, 6.45) is -2.42. The Labute approximate surface area is 211 Å². The number of quaternary nitrogens is 1. The van der Waals surface area contributed by atoms with E-state index < -0.39 is 97.6 Å².